The molecule has 3 nitrogen and oxygen atoms in total. The van der Waals surface area contributed by atoms with Crippen LogP contribution in [0.5, 0.6) is 0 Å². The highest BCUT2D eigenvalue weighted by atomic mass is 16.4. The lowest BCUT2D eigenvalue weighted by Gasteiger charge is -2.44. The van der Waals surface area contributed by atoms with E-state index in [0.29, 0.717) is 0 Å². The summed E-state index contributed by atoms with van der Waals surface area (Å²) >= 11 is 0. The third-order valence-electron chi connectivity index (χ3n) is 2.82. The van der Waals surface area contributed by atoms with Gasteiger partial charge in [0.2, 0.25) is 0 Å². The first-order valence-electron chi connectivity index (χ1n) is 4.04. The van der Waals surface area contributed by atoms with E-state index in [1.165, 1.54) is 0 Å². The summed E-state index contributed by atoms with van der Waals surface area (Å²) in [5.74, 6) is -0.720. The second-order valence-corrected chi connectivity index (χ2v) is 3.58. The molecule has 0 heterocycles. The fourth-order valence-electron chi connectivity index (χ4n) is 1.73. The number of aliphatic carboxylic acids is 1. The number of carbonyl (C=O) groups is 1. The van der Waals surface area contributed by atoms with Gasteiger partial charge < -0.3 is 10.8 Å². The van der Waals surface area contributed by atoms with Crippen LogP contribution in [0.25, 0.3) is 0 Å². The monoisotopic (exact) mass is 157 g/mol. The van der Waals surface area contributed by atoms with E-state index in [4.69, 9.17) is 10.8 Å². The second kappa shape index (κ2) is 2.81. The van der Waals surface area contributed by atoms with Crippen molar-refractivity contribution in [1.29, 1.82) is 0 Å². The molecule has 1 rings (SSSR count). The zero-order valence-electron chi connectivity index (χ0n) is 6.84. The fraction of sp³-hybridized carbons (Fsp3) is 0.875. The Bertz CT molecular complexity index is 161. The largest absolute Gasteiger partial charge is 0.481 e. The van der Waals surface area contributed by atoms with Gasteiger partial charge in [-0.3, -0.25) is 4.79 Å². The highest BCUT2D eigenvalue weighted by Crippen LogP contribution is 2.45. The van der Waals surface area contributed by atoms with Crippen LogP contribution in [0, 0.1) is 5.41 Å². The maximum Gasteiger partial charge on any atom is 0.303 e. The first-order chi connectivity index (χ1) is 5.07. The van der Waals surface area contributed by atoms with Gasteiger partial charge in [-0.2, -0.15) is 0 Å². The summed E-state index contributed by atoms with van der Waals surface area (Å²) in [6.07, 6.45) is 3.34. The minimum Gasteiger partial charge on any atom is -0.481 e. The average Bonchev–Trinajstić information content (AvgIpc) is 1.77. The number of carboxylic acids is 1. The van der Waals surface area contributed by atoms with Gasteiger partial charge in [-0.15, -0.1) is 0 Å². The molecule has 1 aliphatic carbocycles. The van der Waals surface area contributed by atoms with Crippen LogP contribution in [-0.4, -0.2) is 17.1 Å². The second-order valence-electron chi connectivity index (χ2n) is 3.58. The molecule has 0 spiro atoms. The van der Waals surface area contributed by atoms with Crippen molar-refractivity contribution in [2.75, 3.05) is 0 Å². The van der Waals surface area contributed by atoms with Gasteiger partial charge in [-0.1, -0.05) is 6.42 Å². The van der Waals surface area contributed by atoms with Gasteiger partial charge in [0.1, 0.15) is 0 Å². The third-order valence-corrected chi connectivity index (χ3v) is 2.82. The summed E-state index contributed by atoms with van der Waals surface area (Å²) in [6.45, 7) is 1.90. The highest BCUT2D eigenvalue weighted by Gasteiger charge is 2.41. The van der Waals surface area contributed by atoms with E-state index in [-0.39, 0.29) is 17.9 Å². The van der Waals surface area contributed by atoms with E-state index in [1.54, 1.807) is 0 Å². The Labute approximate surface area is 66.6 Å². The van der Waals surface area contributed by atoms with Gasteiger partial charge in [-0.05, 0) is 25.2 Å². The number of hydrogen-bond acceptors (Lipinski definition) is 2. The quantitative estimate of drug-likeness (QED) is 0.641. The average molecular weight is 157 g/mol. The summed E-state index contributed by atoms with van der Waals surface area (Å²) in [7, 11) is 0. The molecule has 3 N–H and O–H groups in total. The van der Waals surface area contributed by atoms with Crippen molar-refractivity contribution in [2.24, 2.45) is 11.1 Å². The van der Waals surface area contributed by atoms with Crippen molar-refractivity contribution in [1.82, 2.24) is 0 Å². The lowest BCUT2D eigenvalue weighted by atomic mass is 9.63. The fourth-order valence-corrected chi connectivity index (χ4v) is 1.73. The molecular weight excluding hydrogens is 142 g/mol. The third kappa shape index (κ3) is 1.53. The molecule has 0 saturated heterocycles. The number of nitrogens with two attached hydrogens (primary N) is 1. The highest BCUT2D eigenvalue weighted by molar-refractivity contribution is 5.68. The molecule has 0 bridgehead atoms. The van der Waals surface area contributed by atoms with E-state index in [2.05, 4.69) is 0 Å². The Morgan fingerprint density at radius 3 is 2.36 bits per heavy atom. The Morgan fingerprint density at radius 1 is 1.73 bits per heavy atom. The van der Waals surface area contributed by atoms with Crippen LogP contribution in [0.15, 0.2) is 0 Å². The lowest BCUT2D eigenvalue weighted by molar-refractivity contribution is -0.141. The Balaban J connectivity index is 2.53. The van der Waals surface area contributed by atoms with Crippen LogP contribution < -0.4 is 5.73 Å². The maximum absolute atomic E-state index is 10.5. The number of hydrogen-bond donors (Lipinski definition) is 2. The van der Waals surface area contributed by atoms with Gasteiger partial charge in [0.05, 0.1) is 6.42 Å². The van der Waals surface area contributed by atoms with E-state index in [0.717, 1.165) is 19.3 Å². The van der Waals surface area contributed by atoms with Crippen molar-refractivity contribution >= 4 is 5.97 Å². The summed E-state index contributed by atoms with van der Waals surface area (Å²) in [5, 5.41) is 8.61. The van der Waals surface area contributed by atoms with E-state index in [1.807, 2.05) is 6.92 Å². The van der Waals surface area contributed by atoms with Crippen LogP contribution >= 0.6 is 0 Å². The minimum absolute atomic E-state index is 0.0207. The zero-order valence-corrected chi connectivity index (χ0v) is 6.84. The SMILES string of the molecule is CC(N)C1(CC(=O)O)CCC1. The van der Waals surface area contributed by atoms with Crippen molar-refractivity contribution in [3.05, 3.63) is 0 Å². The molecule has 0 radical (unpaired) electrons. The first kappa shape index (κ1) is 8.53. The van der Waals surface area contributed by atoms with Gasteiger partial charge in [-0.25, -0.2) is 0 Å². The van der Waals surface area contributed by atoms with Crippen molar-refractivity contribution in [3.8, 4) is 0 Å². The van der Waals surface area contributed by atoms with E-state index >= 15 is 0 Å². The molecule has 1 atom stereocenters. The van der Waals surface area contributed by atoms with Crippen LogP contribution in [0.2, 0.25) is 0 Å². The molecule has 0 aliphatic heterocycles. The van der Waals surface area contributed by atoms with Gasteiger partial charge in [0.25, 0.3) is 0 Å². The maximum atomic E-state index is 10.5. The minimum atomic E-state index is -0.720. The predicted octanol–water partition coefficient (Wildman–Crippen LogP) is 0.979. The van der Waals surface area contributed by atoms with Crippen molar-refractivity contribution < 1.29 is 9.90 Å². The van der Waals surface area contributed by atoms with E-state index in [9.17, 15) is 4.79 Å². The molecule has 64 valence electrons. The van der Waals surface area contributed by atoms with E-state index < -0.39 is 5.97 Å². The first-order valence-corrected chi connectivity index (χ1v) is 4.04. The zero-order chi connectivity index (χ0) is 8.48. The summed E-state index contributed by atoms with van der Waals surface area (Å²) in [4.78, 5) is 10.5. The Morgan fingerprint density at radius 2 is 2.27 bits per heavy atom. The van der Waals surface area contributed by atoms with Crippen LogP contribution in [0.1, 0.15) is 32.6 Å². The molecule has 3 heteroatoms. The molecular formula is C8H15NO2. The summed E-state index contributed by atoms with van der Waals surface area (Å²) < 4.78 is 0. The smallest absolute Gasteiger partial charge is 0.303 e. The predicted molar refractivity (Wildman–Crippen MR) is 42.2 cm³/mol. The van der Waals surface area contributed by atoms with Crippen LogP contribution in [0.4, 0.5) is 0 Å². The molecule has 0 amide bonds. The molecule has 1 unspecified atom stereocenters. The molecule has 0 aromatic carbocycles. The molecule has 0 aromatic heterocycles. The van der Waals surface area contributed by atoms with Crippen LogP contribution in [0.3, 0.4) is 0 Å². The topological polar surface area (TPSA) is 63.3 Å². The van der Waals surface area contributed by atoms with Crippen LogP contribution in [-0.2, 0) is 4.79 Å². The Hall–Kier alpha value is -0.570. The van der Waals surface area contributed by atoms with Gasteiger partial charge >= 0.3 is 5.97 Å². The molecule has 0 aromatic rings. The van der Waals surface area contributed by atoms with Gasteiger partial charge in [0, 0.05) is 6.04 Å². The van der Waals surface area contributed by atoms with Crippen molar-refractivity contribution in [2.45, 2.75) is 38.6 Å². The summed E-state index contributed by atoms with van der Waals surface area (Å²) in [6, 6.07) is 0.0207. The van der Waals surface area contributed by atoms with Gasteiger partial charge in [0.15, 0.2) is 0 Å². The molecule has 1 saturated carbocycles. The summed E-state index contributed by atoms with van der Waals surface area (Å²) in [5.41, 5.74) is 5.64. The molecule has 1 fully saturated rings. The Kier molecular flexibility index (Phi) is 2.18. The number of rotatable bonds is 3. The molecule has 1 aliphatic rings. The lowest BCUT2D eigenvalue weighted by Crippen LogP contribution is -2.46. The normalized spacial score (nSPS) is 23.8. The standard InChI is InChI=1S/C8H15NO2/c1-6(9)8(3-2-4-8)5-7(10)11/h6H,2-5,9H2,1H3,(H,10,11). The van der Waals surface area contributed by atoms with Crippen molar-refractivity contribution in [3.63, 3.8) is 0 Å². The number of carboxylic acid groups (broad SMARTS) is 1. The molecule has 11 heavy (non-hydrogen) atoms.